The SMILES string of the molecule is CCc1c(-c2ccc(C3=CCNCC3)cc2)[nH]c(=O)c(C(=O)OC)c1O. The predicted molar refractivity (Wildman–Crippen MR) is 100 cm³/mol. The van der Waals surface area contributed by atoms with Gasteiger partial charge in [0.15, 0.2) is 5.56 Å². The molecule has 0 bridgehead atoms. The molecule has 0 amide bonds. The van der Waals surface area contributed by atoms with E-state index in [9.17, 15) is 14.7 Å². The van der Waals surface area contributed by atoms with Crippen molar-refractivity contribution in [3.05, 3.63) is 57.4 Å². The molecule has 0 saturated heterocycles. The average molecular weight is 354 g/mol. The summed E-state index contributed by atoms with van der Waals surface area (Å²) >= 11 is 0. The van der Waals surface area contributed by atoms with Gasteiger partial charge >= 0.3 is 5.97 Å². The van der Waals surface area contributed by atoms with Gasteiger partial charge in [-0.3, -0.25) is 4.79 Å². The Hall–Kier alpha value is -2.86. The Morgan fingerprint density at radius 2 is 1.92 bits per heavy atom. The summed E-state index contributed by atoms with van der Waals surface area (Å²) in [5.74, 6) is -1.17. The third-order valence-electron chi connectivity index (χ3n) is 4.64. The molecule has 1 aromatic heterocycles. The molecular formula is C20H22N2O4. The van der Waals surface area contributed by atoms with Crippen molar-refractivity contribution in [2.45, 2.75) is 19.8 Å². The maximum absolute atomic E-state index is 12.3. The van der Waals surface area contributed by atoms with Crippen LogP contribution in [0.2, 0.25) is 0 Å². The van der Waals surface area contributed by atoms with Gasteiger partial charge in [0, 0.05) is 12.1 Å². The molecule has 0 spiro atoms. The molecule has 0 radical (unpaired) electrons. The van der Waals surface area contributed by atoms with E-state index < -0.39 is 11.5 Å². The number of aromatic amines is 1. The van der Waals surface area contributed by atoms with Crippen LogP contribution in [0.15, 0.2) is 35.1 Å². The summed E-state index contributed by atoms with van der Waals surface area (Å²) in [6, 6.07) is 7.85. The van der Waals surface area contributed by atoms with E-state index in [2.05, 4.69) is 21.1 Å². The van der Waals surface area contributed by atoms with Gasteiger partial charge in [-0.15, -0.1) is 0 Å². The quantitative estimate of drug-likeness (QED) is 0.734. The molecule has 2 heterocycles. The summed E-state index contributed by atoms with van der Waals surface area (Å²) < 4.78 is 4.60. The Kier molecular flexibility index (Phi) is 5.23. The minimum atomic E-state index is -0.849. The number of carbonyl (C=O) groups is 1. The molecule has 1 aromatic carbocycles. The lowest BCUT2D eigenvalue weighted by molar-refractivity contribution is 0.0595. The van der Waals surface area contributed by atoms with Gasteiger partial charge in [0.25, 0.3) is 5.56 Å². The van der Waals surface area contributed by atoms with Crippen LogP contribution in [0.25, 0.3) is 16.8 Å². The molecule has 1 aliphatic rings. The van der Waals surface area contributed by atoms with Gasteiger partial charge in [-0.2, -0.15) is 0 Å². The molecule has 136 valence electrons. The van der Waals surface area contributed by atoms with Crippen molar-refractivity contribution < 1.29 is 14.6 Å². The lowest BCUT2D eigenvalue weighted by Crippen LogP contribution is -2.21. The molecule has 0 saturated carbocycles. The highest BCUT2D eigenvalue weighted by atomic mass is 16.5. The van der Waals surface area contributed by atoms with Gasteiger partial charge in [0.05, 0.1) is 12.8 Å². The van der Waals surface area contributed by atoms with Crippen molar-refractivity contribution in [1.82, 2.24) is 10.3 Å². The number of H-pyrrole nitrogens is 1. The summed E-state index contributed by atoms with van der Waals surface area (Å²) in [5, 5.41) is 13.7. The smallest absolute Gasteiger partial charge is 0.347 e. The normalized spacial score (nSPS) is 14.0. The van der Waals surface area contributed by atoms with Crippen molar-refractivity contribution in [3.8, 4) is 17.0 Å². The summed E-state index contributed by atoms with van der Waals surface area (Å²) in [6.07, 6.45) is 3.61. The molecule has 3 N–H and O–H groups in total. The zero-order chi connectivity index (χ0) is 18.7. The van der Waals surface area contributed by atoms with Gasteiger partial charge in [0.2, 0.25) is 0 Å². The minimum absolute atomic E-state index is 0.316. The van der Waals surface area contributed by atoms with E-state index >= 15 is 0 Å². The second kappa shape index (κ2) is 7.58. The Morgan fingerprint density at radius 3 is 2.50 bits per heavy atom. The highest BCUT2D eigenvalue weighted by molar-refractivity contribution is 5.93. The lowest BCUT2D eigenvalue weighted by atomic mass is 9.96. The van der Waals surface area contributed by atoms with Crippen LogP contribution in [0.5, 0.6) is 5.75 Å². The van der Waals surface area contributed by atoms with Crippen LogP contribution in [0.3, 0.4) is 0 Å². The average Bonchev–Trinajstić information content (AvgIpc) is 2.68. The fourth-order valence-electron chi connectivity index (χ4n) is 3.25. The molecule has 0 aliphatic carbocycles. The molecule has 0 unspecified atom stereocenters. The summed E-state index contributed by atoms with van der Waals surface area (Å²) in [7, 11) is 1.18. The van der Waals surface area contributed by atoms with Gasteiger partial charge in [-0.1, -0.05) is 37.3 Å². The number of aromatic nitrogens is 1. The number of methoxy groups -OCH3 is 1. The van der Waals surface area contributed by atoms with Crippen molar-refractivity contribution in [3.63, 3.8) is 0 Å². The first-order chi connectivity index (χ1) is 12.6. The van der Waals surface area contributed by atoms with E-state index in [1.807, 2.05) is 31.2 Å². The van der Waals surface area contributed by atoms with E-state index in [0.29, 0.717) is 17.7 Å². The number of ether oxygens (including phenoxy) is 1. The molecule has 3 rings (SSSR count). The maximum Gasteiger partial charge on any atom is 0.347 e. The zero-order valence-corrected chi connectivity index (χ0v) is 14.9. The fraction of sp³-hybridized carbons (Fsp3) is 0.300. The molecule has 6 heteroatoms. The van der Waals surface area contributed by atoms with E-state index in [1.54, 1.807) is 0 Å². The summed E-state index contributed by atoms with van der Waals surface area (Å²) in [6.45, 7) is 3.68. The van der Waals surface area contributed by atoms with Crippen LogP contribution in [0, 0.1) is 0 Å². The Labute approximate surface area is 151 Å². The number of pyridine rings is 1. The number of hydrogen-bond acceptors (Lipinski definition) is 5. The Balaban J connectivity index is 2.05. The number of carbonyl (C=O) groups excluding carboxylic acids is 1. The summed E-state index contributed by atoms with van der Waals surface area (Å²) in [5.41, 5.74) is 3.24. The zero-order valence-electron chi connectivity index (χ0n) is 14.9. The second-order valence-corrected chi connectivity index (χ2v) is 6.14. The highest BCUT2D eigenvalue weighted by Gasteiger charge is 2.23. The van der Waals surface area contributed by atoms with Gasteiger partial charge in [0.1, 0.15) is 5.75 Å². The molecule has 26 heavy (non-hydrogen) atoms. The van der Waals surface area contributed by atoms with Crippen LogP contribution in [0.1, 0.15) is 34.8 Å². The first kappa shape index (κ1) is 17.9. The number of nitrogens with one attached hydrogen (secondary N) is 2. The number of rotatable bonds is 4. The Morgan fingerprint density at radius 1 is 1.23 bits per heavy atom. The lowest BCUT2D eigenvalue weighted by Gasteiger charge is -2.16. The number of benzene rings is 1. The molecule has 0 atom stereocenters. The first-order valence-corrected chi connectivity index (χ1v) is 8.63. The van der Waals surface area contributed by atoms with Crippen LogP contribution in [0.4, 0.5) is 0 Å². The number of aromatic hydroxyl groups is 1. The number of esters is 1. The van der Waals surface area contributed by atoms with Crippen LogP contribution in [-0.4, -0.2) is 36.3 Å². The van der Waals surface area contributed by atoms with Crippen molar-refractivity contribution in [1.29, 1.82) is 0 Å². The molecular weight excluding hydrogens is 332 g/mol. The molecule has 1 aliphatic heterocycles. The van der Waals surface area contributed by atoms with Gasteiger partial charge in [-0.25, -0.2) is 4.79 Å². The van der Waals surface area contributed by atoms with Crippen molar-refractivity contribution >= 4 is 11.5 Å². The molecule has 2 aromatic rings. The fourth-order valence-corrected chi connectivity index (χ4v) is 3.25. The highest BCUT2D eigenvalue weighted by Crippen LogP contribution is 2.31. The molecule has 6 nitrogen and oxygen atoms in total. The van der Waals surface area contributed by atoms with E-state index in [1.165, 1.54) is 12.7 Å². The monoisotopic (exact) mass is 354 g/mol. The summed E-state index contributed by atoms with van der Waals surface area (Å²) in [4.78, 5) is 26.8. The Bertz CT molecular complexity index is 911. The van der Waals surface area contributed by atoms with E-state index in [4.69, 9.17) is 0 Å². The second-order valence-electron chi connectivity index (χ2n) is 6.14. The maximum atomic E-state index is 12.3. The minimum Gasteiger partial charge on any atom is -0.506 e. The molecule has 0 fully saturated rings. The van der Waals surface area contributed by atoms with Crippen LogP contribution < -0.4 is 10.9 Å². The standard InChI is InChI=1S/C20H22N2O4/c1-3-15-17(22-19(24)16(18(15)23)20(25)26-2)14-6-4-12(5-7-14)13-8-10-21-11-9-13/h4-8,21H,3,9-11H2,1-2H3,(H2,22,23,24). The number of hydrogen-bond donors (Lipinski definition) is 3. The third-order valence-corrected chi connectivity index (χ3v) is 4.64. The topological polar surface area (TPSA) is 91.4 Å². The van der Waals surface area contributed by atoms with E-state index in [-0.39, 0.29) is 11.3 Å². The first-order valence-electron chi connectivity index (χ1n) is 8.63. The van der Waals surface area contributed by atoms with Gasteiger partial charge < -0.3 is 20.1 Å². The van der Waals surface area contributed by atoms with Crippen LogP contribution in [-0.2, 0) is 11.2 Å². The van der Waals surface area contributed by atoms with Crippen molar-refractivity contribution in [2.75, 3.05) is 20.2 Å². The van der Waals surface area contributed by atoms with Crippen LogP contribution >= 0.6 is 0 Å². The largest absolute Gasteiger partial charge is 0.506 e. The van der Waals surface area contributed by atoms with Gasteiger partial charge in [-0.05, 0) is 36.1 Å². The third kappa shape index (κ3) is 3.28. The van der Waals surface area contributed by atoms with Crippen molar-refractivity contribution in [2.24, 2.45) is 0 Å². The predicted octanol–water partition coefficient (Wildman–Crippen LogP) is 2.47. The van der Waals surface area contributed by atoms with E-state index in [0.717, 1.165) is 30.6 Å².